The maximum Gasteiger partial charge on any atom is 0.159 e. The number of nitrogens with zero attached hydrogens (tertiary/aromatic N) is 2. The molecule has 17 rings (SSSR count). The smallest absolute Gasteiger partial charge is 0.159 e. The number of furan rings is 2. The highest BCUT2D eigenvalue weighted by atomic mass is 16.3. The molecule has 2 aliphatic rings. The van der Waals surface area contributed by atoms with Crippen molar-refractivity contribution in [2.75, 3.05) is 9.80 Å². The molecular formula is C79H56N2O2. The van der Waals surface area contributed by atoms with E-state index in [1.807, 2.05) is 6.08 Å². The van der Waals surface area contributed by atoms with Crippen molar-refractivity contribution in [1.82, 2.24) is 0 Å². The van der Waals surface area contributed by atoms with Crippen LogP contribution < -0.4 is 9.80 Å². The van der Waals surface area contributed by atoms with Crippen molar-refractivity contribution in [2.24, 2.45) is 0 Å². The van der Waals surface area contributed by atoms with Gasteiger partial charge in [-0.15, -0.1) is 0 Å². The summed E-state index contributed by atoms with van der Waals surface area (Å²) in [4.78, 5) is 4.93. The molecule has 83 heavy (non-hydrogen) atoms. The lowest BCUT2D eigenvalue weighted by atomic mass is 9.81. The van der Waals surface area contributed by atoms with Crippen molar-refractivity contribution in [1.29, 1.82) is 0 Å². The van der Waals surface area contributed by atoms with Crippen LogP contribution in [0.3, 0.4) is 0 Å². The fourth-order valence-corrected chi connectivity index (χ4v) is 15.0. The molecule has 13 aromatic carbocycles. The second kappa shape index (κ2) is 17.2. The minimum Gasteiger partial charge on any atom is -0.454 e. The normalized spacial score (nSPS) is 14.5. The van der Waals surface area contributed by atoms with E-state index in [1.165, 1.54) is 87.6 Å². The molecule has 0 aliphatic heterocycles. The highest BCUT2D eigenvalue weighted by molar-refractivity contribution is 6.29. The summed E-state index contributed by atoms with van der Waals surface area (Å²) in [5, 5.41) is 16.2. The third-order valence-electron chi connectivity index (χ3n) is 18.9. The quantitative estimate of drug-likeness (QED) is 0.142. The molecule has 0 spiro atoms. The number of hydrogen-bond donors (Lipinski definition) is 0. The van der Waals surface area contributed by atoms with Gasteiger partial charge in [-0.25, -0.2) is 0 Å². The lowest BCUT2D eigenvalue weighted by Crippen LogP contribution is -2.17. The van der Waals surface area contributed by atoms with Crippen molar-refractivity contribution in [2.45, 2.75) is 45.4 Å². The van der Waals surface area contributed by atoms with Gasteiger partial charge in [0.05, 0.1) is 22.7 Å². The summed E-state index contributed by atoms with van der Waals surface area (Å²) in [6, 6.07) is 80.8. The first-order chi connectivity index (χ1) is 40.6. The van der Waals surface area contributed by atoms with Gasteiger partial charge in [0.1, 0.15) is 11.2 Å². The molecule has 0 atom stereocenters. The first-order valence-corrected chi connectivity index (χ1v) is 29.0. The Kier molecular flexibility index (Phi) is 9.86. The maximum atomic E-state index is 7.13. The average molecular weight is 1070 g/mol. The summed E-state index contributed by atoms with van der Waals surface area (Å²) in [6.07, 6.45) is 6.42. The first-order valence-electron chi connectivity index (χ1n) is 29.0. The van der Waals surface area contributed by atoms with Crippen molar-refractivity contribution in [3.05, 3.63) is 271 Å². The Morgan fingerprint density at radius 2 is 0.843 bits per heavy atom. The Labute approximate surface area is 481 Å². The van der Waals surface area contributed by atoms with E-state index in [0.29, 0.717) is 0 Å². The van der Waals surface area contributed by atoms with Crippen LogP contribution in [0.25, 0.3) is 114 Å². The number of hydrogen-bond acceptors (Lipinski definition) is 4. The predicted octanol–water partition coefficient (Wildman–Crippen LogP) is 22.7. The van der Waals surface area contributed by atoms with Crippen LogP contribution in [0.1, 0.15) is 56.9 Å². The summed E-state index contributed by atoms with van der Waals surface area (Å²) >= 11 is 0. The monoisotopic (exact) mass is 1060 g/mol. The number of fused-ring (bicyclic) bond motifs is 14. The summed E-state index contributed by atoms with van der Waals surface area (Å²) in [5.41, 5.74) is 19.3. The lowest BCUT2D eigenvalue weighted by Gasteiger charge is -2.31. The maximum absolute atomic E-state index is 7.13. The van der Waals surface area contributed by atoms with Crippen LogP contribution in [-0.2, 0) is 10.8 Å². The number of anilines is 6. The molecule has 2 aromatic heterocycles. The predicted molar refractivity (Wildman–Crippen MR) is 352 cm³/mol. The molecule has 0 amide bonds. The van der Waals surface area contributed by atoms with Crippen LogP contribution in [0.4, 0.5) is 34.1 Å². The van der Waals surface area contributed by atoms with Crippen LogP contribution in [-0.4, -0.2) is 0 Å². The molecule has 4 heteroatoms. The van der Waals surface area contributed by atoms with E-state index in [4.69, 9.17) is 8.83 Å². The van der Waals surface area contributed by atoms with Gasteiger partial charge in [0.15, 0.2) is 11.2 Å². The summed E-state index contributed by atoms with van der Waals surface area (Å²) < 4.78 is 14.3. The largest absolute Gasteiger partial charge is 0.454 e. The zero-order valence-corrected chi connectivity index (χ0v) is 46.9. The summed E-state index contributed by atoms with van der Waals surface area (Å²) in [5.74, 6) is 0. The molecule has 0 fully saturated rings. The van der Waals surface area contributed by atoms with E-state index in [2.05, 4.69) is 282 Å². The summed E-state index contributed by atoms with van der Waals surface area (Å²) in [7, 11) is 0. The summed E-state index contributed by atoms with van der Waals surface area (Å²) in [6.45, 7) is 15.8. The molecule has 0 N–H and O–H groups in total. The zero-order chi connectivity index (χ0) is 55.6. The van der Waals surface area contributed by atoms with Crippen molar-refractivity contribution >= 4 is 137 Å². The van der Waals surface area contributed by atoms with E-state index in [0.717, 1.165) is 88.8 Å². The Bertz CT molecular complexity index is 5390. The highest BCUT2D eigenvalue weighted by Gasteiger charge is 2.38. The molecular weight excluding hydrogens is 1010 g/mol. The molecule has 0 saturated carbocycles. The fourth-order valence-electron chi connectivity index (χ4n) is 15.0. The Hall–Kier alpha value is -10.2. The Morgan fingerprint density at radius 1 is 0.373 bits per heavy atom. The molecule has 0 saturated heterocycles. The lowest BCUT2D eigenvalue weighted by molar-refractivity contribution is 0.654. The fraction of sp³-hybridized carbons (Fsp3) is 0.0886. The molecule has 0 radical (unpaired) electrons. The van der Waals surface area contributed by atoms with Crippen LogP contribution in [0.15, 0.2) is 258 Å². The number of para-hydroxylation sites is 2. The van der Waals surface area contributed by atoms with Gasteiger partial charge in [-0.2, -0.15) is 0 Å². The van der Waals surface area contributed by atoms with E-state index in [9.17, 15) is 0 Å². The van der Waals surface area contributed by atoms with Gasteiger partial charge in [-0.05, 0) is 155 Å². The Morgan fingerprint density at radius 3 is 1.40 bits per heavy atom. The van der Waals surface area contributed by atoms with Gasteiger partial charge in [0, 0.05) is 54.5 Å². The van der Waals surface area contributed by atoms with Gasteiger partial charge in [0.2, 0.25) is 0 Å². The van der Waals surface area contributed by atoms with E-state index >= 15 is 0 Å². The Balaban J connectivity index is 0.929. The SMILES string of the molecule is C=CC1=C(/C=C\C)c2ccc(N(c3ccc4ccc5c(N(c6ccc7c(c6)C(C)(C)c6ccccc6-7)c6cccc7c6oc6ccc8ccccc8c67)ccc6ccc3c4c65)c3cccc4c3oc3ccc5ccccc5c34)cc2C1(C)C. The number of allylic oxidation sites excluding steroid dienone is 5. The van der Waals surface area contributed by atoms with Crippen molar-refractivity contribution in [3.8, 4) is 11.1 Å². The van der Waals surface area contributed by atoms with Crippen molar-refractivity contribution in [3.63, 3.8) is 0 Å². The minimum absolute atomic E-state index is 0.211. The van der Waals surface area contributed by atoms with Crippen LogP contribution in [0, 0.1) is 0 Å². The third-order valence-corrected chi connectivity index (χ3v) is 18.9. The van der Waals surface area contributed by atoms with Gasteiger partial charge >= 0.3 is 0 Å². The standard InChI is InChI=1S/C79H56N2O2/c1-7-17-54-56-38-34-50(44-64(56)78(3,4)62(54)8-2)80(68-26-15-23-60-74-52-20-11-9-18-46(52)32-42-70(74)82-76(60)68)66-40-30-48-29-37-59-67(41-31-49-28-36-58(66)72(48)73(49)59)81(51-35-39-57-55-22-13-14-25-63(55)79(5,6)65(57)45-51)69-27-16-24-61-75-53-21-12-10-19-47(53)33-43-71(75)83-77(61)69/h7-45H,2H2,1,3-6H3/b17-7-. The molecule has 15 aromatic rings. The minimum atomic E-state index is -0.290. The van der Waals surface area contributed by atoms with Crippen LogP contribution >= 0.6 is 0 Å². The molecule has 0 unspecified atom stereocenters. The van der Waals surface area contributed by atoms with E-state index < -0.39 is 0 Å². The zero-order valence-electron chi connectivity index (χ0n) is 46.9. The molecule has 2 heterocycles. The molecule has 4 nitrogen and oxygen atoms in total. The number of rotatable bonds is 8. The van der Waals surface area contributed by atoms with Crippen LogP contribution in [0.5, 0.6) is 0 Å². The topological polar surface area (TPSA) is 32.8 Å². The second-order valence-corrected chi connectivity index (χ2v) is 23.9. The van der Waals surface area contributed by atoms with Gasteiger partial charge in [-0.3, -0.25) is 0 Å². The van der Waals surface area contributed by atoms with Crippen LogP contribution in [0.2, 0.25) is 0 Å². The molecule has 0 bridgehead atoms. The van der Waals surface area contributed by atoms with Gasteiger partial charge in [-0.1, -0.05) is 210 Å². The van der Waals surface area contributed by atoms with Gasteiger partial charge < -0.3 is 18.6 Å². The average Bonchev–Trinajstić information content (AvgIpc) is 2.53. The van der Waals surface area contributed by atoms with E-state index in [1.54, 1.807) is 0 Å². The third kappa shape index (κ3) is 6.52. The molecule has 2 aliphatic carbocycles. The first kappa shape index (κ1) is 47.6. The second-order valence-electron chi connectivity index (χ2n) is 23.9. The highest BCUT2D eigenvalue weighted by Crippen LogP contribution is 2.56. The van der Waals surface area contributed by atoms with E-state index in [-0.39, 0.29) is 10.8 Å². The van der Waals surface area contributed by atoms with Gasteiger partial charge in [0.25, 0.3) is 0 Å². The molecule has 394 valence electrons. The number of benzene rings is 13. The van der Waals surface area contributed by atoms with Crippen molar-refractivity contribution < 1.29 is 8.83 Å².